The Bertz CT molecular complexity index is 726. The number of rotatable bonds is 4. The molecule has 1 aliphatic heterocycles. The quantitative estimate of drug-likeness (QED) is 0.933. The normalized spacial score (nSPS) is 17.8. The number of aryl methyl sites for hydroxylation is 2. The van der Waals surface area contributed by atoms with E-state index in [1.807, 2.05) is 36.9 Å². The summed E-state index contributed by atoms with van der Waals surface area (Å²) in [6.45, 7) is 5.54. The van der Waals surface area contributed by atoms with E-state index in [2.05, 4.69) is 9.97 Å². The van der Waals surface area contributed by atoms with Gasteiger partial charge >= 0.3 is 0 Å². The second-order valence-electron chi connectivity index (χ2n) is 6.12. The Morgan fingerprint density at radius 2 is 2.29 bits per heavy atom. The summed E-state index contributed by atoms with van der Waals surface area (Å²) in [7, 11) is 1.63. The highest BCUT2D eigenvalue weighted by Gasteiger charge is 2.30. The summed E-state index contributed by atoms with van der Waals surface area (Å²) in [4.78, 5) is 22.4. The summed E-state index contributed by atoms with van der Waals surface area (Å²) in [6, 6.07) is 5.72. The molecule has 1 atom stereocenters. The third kappa shape index (κ3) is 3.43. The molecule has 1 unspecified atom stereocenters. The van der Waals surface area contributed by atoms with Gasteiger partial charge in [-0.1, -0.05) is 17.7 Å². The van der Waals surface area contributed by atoms with Crippen molar-refractivity contribution in [1.29, 1.82) is 0 Å². The molecule has 1 aromatic heterocycles. The van der Waals surface area contributed by atoms with Crippen LogP contribution in [0.1, 0.15) is 28.7 Å². The van der Waals surface area contributed by atoms with Crippen LogP contribution in [-0.4, -0.2) is 47.6 Å². The summed E-state index contributed by atoms with van der Waals surface area (Å²) < 4.78 is 11.0. The maximum atomic E-state index is 12.9. The van der Waals surface area contributed by atoms with E-state index >= 15 is 0 Å². The van der Waals surface area contributed by atoms with Gasteiger partial charge in [0.2, 0.25) is 5.91 Å². The number of H-pyrrole nitrogens is 1. The van der Waals surface area contributed by atoms with Gasteiger partial charge in [-0.2, -0.15) is 0 Å². The van der Waals surface area contributed by atoms with Crippen LogP contribution in [0.2, 0.25) is 0 Å². The topological polar surface area (TPSA) is 67.4 Å². The number of morpholine rings is 1. The zero-order chi connectivity index (χ0) is 17.1. The number of hydrogen-bond acceptors (Lipinski definition) is 4. The van der Waals surface area contributed by atoms with E-state index < -0.39 is 0 Å². The smallest absolute Gasteiger partial charge is 0.227 e. The molecule has 0 spiro atoms. The standard InChI is InChI=1S/C18H23N3O3/c1-12-4-5-16(23-3)14(8-12)9-17(22)21-6-7-24-11-15(21)18-19-10-13(2)20-18/h4-5,8,10,15H,6-7,9,11H2,1-3H3,(H,19,20). The number of nitrogens with zero attached hydrogens (tertiary/aromatic N) is 2. The van der Waals surface area contributed by atoms with Gasteiger partial charge in [0, 0.05) is 24.0 Å². The van der Waals surface area contributed by atoms with Crippen LogP contribution in [0.15, 0.2) is 24.4 Å². The molecular formula is C18H23N3O3. The molecule has 1 aliphatic rings. The van der Waals surface area contributed by atoms with Crippen molar-refractivity contribution in [3.05, 3.63) is 47.0 Å². The molecule has 6 heteroatoms. The predicted octanol–water partition coefficient (Wildman–Crippen LogP) is 2.18. The summed E-state index contributed by atoms with van der Waals surface area (Å²) in [5.41, 5.74) is 2.99. The number of carbonyl (C=O) groups excluding carboxylic acids is 1. The van der Waals surface area contributed by atoms with Crippen molar-refractivity contribution in [2.75, 3.05) is 26.9 Å². The first kappa shape index (κ1) is 16.5. The number of aromatic nitrogens is 2. The number of amides is 1. The average Bonchev–Trinajstić information content (AvgIpc) is 3.01. The maximum absolute atomic E-state index is 12.9. The van der Waals surface area contributed by atoms with E-state index in [-0.39, 0.29) is 11.9 Å². The molecule has 2 heterocycles. The first-order chi connectivity index (χ1) is 11.6. The van der Waals surface area contributed by atoms with E-state index in [9.17, 15) is 4.79 Å². The zero-order valence-electron chi connectivity index (χ0n) is 14.3. The van der Waals surface area contributed by atoms with Crippen molar-refractivity contribution >= 4 is 5.91 Å². The number of benzene rings is 1. The van der Waals surface area contributed by atoms with Gasteiger partial charge in [-0.05, 0) is 19.9 Å². The Labute approximate surface area is 141 Å². The lowest BCUT2D eigenvalue weighted by Crippen LogP contribution is -2.44. The molecule has 24 heavy (non-hydrogen) atoms. The fourth-order valence-electron chi connectivity index (χ4n) is 3.04. The second-order valence-corrected chi connectivity index (χ2v) is 6.12. The molecule has 0 bridgehead atoms. The van der Waals surface area contributed by atoms with Crippen LogP contribution in [-0.2, 0) is 16.0 Å². The molecule has 0 radical (unpaired) electrons. The van der Waals surface area contributed by atoms with E-state index in [0.29, 0.717) is 26.2 Å². The zero-order valence-corrected chi connectivity index (χ0v) is 14.3. The second kappa shape index (κ2) is 7.05. The largest absolute Gasteiger partial charge is 0.496 e. The fraction of sp³-hybridized carbons (Fsp3) is 0.444. The first-order valence-corrected chi connectivity index (χ1v) is 8.10. The monoisotopic (exact) mass is 329 g/mol. The SMILES string of the molecule is COc1ccc(C)cc1CC(=O)N1CCOCC1c1ncc(C)[nH]1. The number of carbonyl (C=O) groups is 1. The van der Waals surface area contributed by atoms with Gasteiger partial charge in [0.15, 0.2) is 0 Å². The predicted molar refractivity (Wildman–Crippen MR) is 90.0 cm³/mol. The van der Waals surface area contributed by atoms with Crippen LogP contribution in [0.4, 0.5) is 0 Å². The van der Waals surface area contributed by atoms with E-state index in [1.54, 1.807) is 13.3 Å². The highest BCUT2D eigenvalue weighted by atomic mass is 16.5. The van der Waals surface area contributed by atoms with Crippen LogP contribution in [0, 0.1) is 13.8 Å². The number of nitrogens with one attached hydrogen (secondary N) is 1. The van der Waals surface area contributed by atoms with E-state index in [1.165, 1.54) is 0 Å². The van der Waals surface area contributed by atoms with Crippen molar-refractivity contribution in [3.8, 4) is 5.75 Å². The Kier molecular flexibility index (Phi) is 4.85. The molecule has 1 fully saturated rings. The number of aromatic amines is 1. The van der Waals surface area contributed by atoms with Gasteiger partial charge in [0.1, 0.15) is 17.6 Å². The van der Waals surface area contributed by atoms with Crippen LogP contribution >= 0.6 is 0 Å². The van der Waals surface area contributed by atoms with Gasteiger partial charge in [0.05, 0.1) is 26.7 Å². The minimum atomic E-state index is -0.171. The average molecular weight is 329 g/mol. The molecule has 1 saturated heterocycles. The minimum absolute atomic E-state index is 0.0567. The van der Waals surface area contributed by atoms with Crippen molar-refractivity contribution in [1.82, 2.24) is 14.9 Å². The van der Waals surface area contributed by atoms with Crippen LogP contribution in [0.5, 0.6) is 5.75 Å². The molecular weight excluding hydrogens is 306 g/mol. The van der Waals surface area contributed by atoms with Crippen molar-refractivity contribution in [3.63, 3.8) is 0 Å². The van der Waals surface area contributed by atoms with Crippen LogP contribution < -0.4 is 4.74 Å². The van der Waals surface area contributed by atoms with Gasteiger partial charge in [0.25, 0.3) is 0 Å². The summed E-state index contributed by atoms with van der Waals surface area (Å²) >= 11 is 0. The van der Waals surface area contributed by atoms with Gasteiger partial charge in [-0.15, -0.1) is 0 Å². The molecule has 128 valence electrons. The lowest BCUT2D eigenvalue weighted by atomic mass is 10.1. The Hall–Kier alpha value is -2.34. The molecule has 6 nitrogen and oxygen atoms in total. The third-order valence-corrected chi connectivity index (χ3v) is 4.26. The lowest BCUT2D eigenvalue weighted by molar-refractivity contribution is -0.139. The van der Waals surface area contributed by atoms with Crippen molar-refractivity contribution in [2.45, 2.75) is 26.3 Å². The Morgan fingerprint density at radius 1 is 1.46 bits per heavy atom. The molecule has 2 aromatic rings. The highest BCUT2D eigenvalue weighted by Crippen LogP contribution is 2.25. The molecule has 1 N–H and O–H groups in total. The Balaban J connectivity index is 1.81. The number of hydrogen-bond donors (Lipinski definition) is 1. The third-order valence-electron chi connectivity index (χ3n) is 4.26. The Morgan fingerprint density at radius 3 is 3.00 bits per heavy atom. The lowest BCUT2D eigenvalue weighted by Gasteiger charge is -2.34. The van der Waals surface area contributed by atoms with Crippen molar-refractivity contribution in [2.24, 2.45) is 0 Å². The minimum Gasteiger partial charge on any atom is -0.496 e. The van der Waals surface area contributed by atoms with Gasteiger partial charge < -0.3 is 19.4 Å². The molecule has 0 saturated carbocycles. The van der Waals surface area contributed by atoms with E-state index in [0.717, 1.165) is 28.4 Å². The van der Waals surface area contributed by atoms with Gasteiger partial charge in [-0.3, -0.25) is 4.79 Å². The maximum Gasteiger partial charge on any atom is 0.227 e. The van der Waals surface area contributed by atoms with Crippen molar-refractivity contribution < 1.29 is 14.3 Å². The molecule has 0 aliphatic carbocycles. The number of imidazole rings is 1. The van der Waals surface area contributed by atoms with Crippen LogP contribution in [0.25, 0.3) is 0 Å². The summed E-state index contributed by atoms with van der Waals surface area (Å²) in [6.07, 6.45) is 2.08. The first-order valence-electron chi connectivity index (χ1n) is 8.10. The van der Waals surface area contributed by atoms with Gasteiger partial charge in [-0.25, -0.2) is 4.98 Å². The molecule has 1 aromatic carbocycles. The van der Waals surface area contributed by atoms with Crippen LogP contribution in [0.3, 0.4) is 0 Å². The number of ether oxygens (including phenoxy) is 2. The molecule has 1 amide bonds. The summed E-state index contributed by atoms with van der Waals surface area (Å²) in [5.74, 6) is 1.57. The number of methoxy groups -OCH3 is 1. The molecule has 3 rings (SSSR count). The summed E-state index contributed by atoms with van der Waals surface area (Å²) in [5, 5.41) is 0. The fourth-order valence-corrected chi connectivity index (χ4v) is 3.04. The van der Waals surface area contributed by atoms with E-state index in [4.69, 9.17) is 9.47 Å². The highest BCUT2D eigenvalue weighted by molar-refractivity contribution is 5.80.